The van der Waals surface area contributed by atoms with Gasteiger partial charge in [-0.1, -0.05) is 12.1 Å². The van der Waals surface area contributed by atoms with Crippen molar-refractivity contribution < 1.29 is 14.3 Å². The van der Waals surface area contributed by atoms with E-state index in [2.05, 4.69) is 20.7 Å². The van der Waals surface area contributed by atoms with Gasteiger partial charge in [-0.15, -0.1) is 0 Å². The molecule has 0 unspecified atom stereocenters. The van der Waals surface area contributed by atoms with E-state index in [0.717, 1.165) is 0 Å². The Morgan fingerprint density at radius 2 is 2.18 bits per heavy atom. The quantitative estimate of drug-likeness (QED) is 0.507. The van der Waals surface area contributed by atoms with E-state index in [4.69, 9.17) is 4.42 Å². The maximum Gasteiger partial charge on any atom is 0.291 e. The fourth-order valence-electron chi connectivity index (χ4n) is 1.81. The van der Waals surface area contributed by atoms with Crippen molar-refractivity contribution in [3.63, 3.8) is 0 Å². The number of carbonyl (C=O) groups excluding carboxylic acids is 1. The topological polar surface area (TPSA) is 104 Å². The predicted octanol–water partition coefficient (Wildman–Crippen LogP) is 2.14. The molecule has 3 N–H and O–H groups in total. The summed E-state index contributed by atoms with van der Waals surface area (Å²) in [6, 6.07) is 11.7. The van der Waals surface area contributed by atoms with Gasteiger partial charge in [0.2, 0.25) is 0 Å². The highest BCUT2D eigenvalue weighted by Gasteiger charge is 2.11. The number of H-pyrrole nitrogens is 1. The highest BCUT2D eigenvalue weighted by atomic mass is 16.3. The summed E-state index contributed by atoms with van der Waals surface area (Å²) in [6.45, 7) is 0. The van der Waals surface area contributed by atoms with Gasteiger partial charge < -0.3 is 9.52 Å². The Labute approximate surface area is 125 Å². The summed E-state index contributed by atoms with van der Waals surface area (Å²) < 4.78 is 5.20. The van der Waals surface area contributed by atoms with Crippen molar-refractivity contribution in [3.05, 3.63) is 60.0 Å². The van der Waals surface area contributed by atoms with Crippen LogP contribution < -0.4 is 5.43 Å². The van der Waals surface area contributed by atoms with Crippen LogP contribution in [-0.4, -0.2) is 27.4 Å². The number of hydrogen-bond donors (Lipinski definition) is 3. The van der Waals surface area contributed by atoms with Crippen LogP contribution in [0.4, 0.5) is 0 Å². The fourth-order valence-corrected chi connectivity index (χ4v) is 1.81. The first-order valence-corrected chi connectivity index (χ1v) is 6.45. The molecule has 2 heterocycles. The van der Waals surface area contributed by atoms with E-state index in [1.165, 1.54) is 18.5 Å². The van der Waals surface area contributed by atoms with Crippen LogP contribution in [0.2, 0.25) is 0 Å². The molecule has 3 aromatic rings. The molecule has 0 aliphatic rings. The molecule has 0 saturated carbocycles. The molecule has 0 spiro atoms. The number of aromatic hydroxyl groups is 1. The third-order valence-electron chi connectivity index (χ3n) is 2.90. The van der Waals surface area contributed by atoms with Gasteiger partial charge in [0.15, 0.2) is 11.5 Å². The van der Waals surface area contributed by atoms with E-state index in [9.17, 15) is 9.90 Å². The van der Waals surface area contributed by atoms with Crippen LogP contribution in [0.15, 0.2) is 58.2 Å². The molecule has 0 fully saturated rings. The minimum absolute atomic E-state index is 0.0837. The molecule has 1 aromatic carbocycles. The maximum absolute atomic E-state index is 11.9. The molecule has 2 aromatic heterocycles. The van der Waals surface area contributed by atoms with Crippen LogP contribution in [0.25, 0.3) is 11.5 Å². The maximum atomic E-state index is 11.9. The Kier molecular flexibility index (Phi) is 3.69. The average molecular weight is 296 g/mol. The van der Waals surface area contributed by atoms with E-state index in [1.807, 2.05) is 0 Å². The first-order chi connectivity index (χ1) is 10.7. The number of phenolic OH excluding ortho intramolecular Hbond substituents is 1. The van der Waals surface area contributed by atoms with Crippen molar-refractivity contribution in [2.75, 3.05) is 0 Å². The molecular weight excluding hydrogens is 284 g/mol. The number of rotatable bonds is 4. The van der Waals surface area contributed by atoms with Gasteiger partial charge in [0, 0.05) is 11.6 Å². The number of amides is 1. The number of nitrogens with one attached hydrogen (secondary N) is 2. The molecule has 0 atom stereocenters. The lowest BCUT2D eigenvalue weighted by Crippen LogP contribution is -2.18. The third-order valence-corrected chi connectivity index (χ3v) is 2.90. The summed E-state index contributed by atoms with van der Waals surface area (Å²) in [4.78, 5) is 11.9. The van der Waals surface area contributed by atoms with E-state index < -0.39 is 5.91 Å². The van der Waals surface area contributed by atoms with E-state index in [-0.39, 0.29) is 11.4 Å². The molecule has 3 rings (SSSR count). The Bertz CT molecular complexity index is 806. The predicted molar refractivity (Wildman–Crippen MR) is 79.5 cm³/mol. The Morgan fingerprint density at radius 1 is 1.32 bits per heavy atom. The van der Waals surface area contributed by atoms with Gasteiger partial charge in [0.25, 0.3) is 5.91 Å². The number of hydrogen-bond acceptors (Lipinski definition) is 5. The number of benzene rings is 1. The zero-order chi connectivity index (χ0) is 15.4. The molecule has 22 heavy (non-hydrogen) atoms. The van der Waals surface area contributed by atoms with Crippen molar-refractivity contribution >= 4 is 12.1 Å². The molecule has 7 nitrogen and oxygen atoms in total. The first-order valence-electron chi connectivity index (χ1n) is 6.45. The highest BCUT2D eigenvalue weighted by molar-refractivity contribution is 5.94. The number of aromatic nitrogens is 2. The van der Waals surface area contributed by atoms with Gasteiger partial charge in [0.05, 0.1) is 12.5 Å². The number of carbonyl (C=O) groups is 1. The number of furan rings is 1. The van der Waals surface area contributed by atoms with Crippen LogP contribution in [0.5, 0.6) is 5.75 Å². The number of aromatic amines is 1. The largest absolute Gasteiger partial charge is 0.507 e. The minimum Gasteiger partial charge on any atom is -0.507 e. The third kappa shape index (κ3) is 2.88. The van der Waals surface area contributed by atoms with Crippen LogP contribution in [0.3, 0.4) is 0 Å². The normalized spacial score (nSPS) is 10.9. The summed E-state index contributed by atoms with van der Waals surface area (Å²) in [7, 11) is 0. The van der Waals surface area contributed by atoms with Gasteiger partial charge in [-0.2, -0.15) is 10.2 Å². The smallest absolute Gasteiger partial charge is 0.291 e. The average Bonchev–Trinajstić information content (AvgIpc) is 3.20. The molecular formula is C15H12N4O3. The summed E-state index contributed by atoms with van der Waals surface area (Å²) in [5.74, 6) is 0.199. The highest BCUT2D eigenvalue weighted by Crippen LogP contribution is 2.17. The lowest BCUT2D eigenvalue weighted by atomic mass is 10.2. The van der Waals surface area contributed by atoms with Crippen LogP contribution in [0.1, 0.15) is 16.1 Å². The van der Waals surface area contributed by atoms with Crippen molar-refractivity contribution in [3.8, 4) is 17.2 Å². The number of nitrogens with zero attached hydrogens (tertiary/aromatic N) is 2. The van der Waals surface area contributed by atoms with Crippen LogP contribution >= 0.6 is 0 Å². The summed E-state index contributed by atoms with van der Waals surface area (Å²) in [5, 5.41) is 20.0. The van der Waals surface area contributed by atoms with Gasteiger partial charge >= 0.3 is 0 Å². The Morgan fingerprint density at radius 3 is 2.95 bits per heavy atom. The van der Waals surface area contributed by atoms with Gasteiger partial charge in [-0.3, -0.25) is 9.89 Å². The van der Waals surface area contributed by atoms with Gasteiger partial charge in [-0.25, -0.2) is 5.43 Å². The van der Waals surface area contributed by atoms with E-state index in [1.54, 1.807) is 36.4 Å². The van der Waals surface area contributed by atoms with Gasteiger partial charge in [-0.05, 0) is 24.3 Å². The van der Waals surface area contributed by atoms with Crippen molar-refractivity contribution in [2.24, 2.45) is 5.10 Å². The van der Waals surface area contributed by atoms with Crippen molar-refractivity contribution in [1.29, 1.82) is 0 Å². The van der Waals surface area contributed by atoms with E-state index >= 15 is 0 Å². The molecule has 0 radical (unpaired) electrons. The molecule has 0 bridgehead atoms. The second-order valence-electron chi connectivity index (χ2n) is 4.40. The zero-order valence-electron chi connectivity index (χ0n) is 11.4. The molecule has 110 valence electrons. The van der Waals surface area contributed by atoms with E-state index in [0.29, 0.717) is 17.0 Å². The Balaban J connectivity index is 1.67. The monoisotopic (exact) mass is 296 g/mol. The summed E-state index contributed by atoms with van der Waals surface area (Å²) in [5.41, 5.74) is 3.62. The fraction of sp³-hybridized carbons (Fsp3) is 0. The lowest BCUT2D eigenvalue weighted by Gasteiger charge is -1.97. The summed E-state index contributed by atoms with van der Waals surface area (Å²) >= 11 is 0. The second kappa shape index (κ2) is 5.96. The minimum atomic E-state index is -0.472. The first kappa shape index (κ1) is 13.6. The second-order valence-corrected chi connectivity index (χ2v) is 4.40. The Hall–Kier alpha value is -3.35. The number of hydrazone groups is 1. The molecule has 0 aliphatic heterocycles. The molecule has 0 saturated heterocycles. The van der Waals surface area contributed by atoms with Crippen LogP contribution in [-0.2, 0) is 0 Å². The lowest BCUT2D eigenvalue weighted by molar-refractivity contribution is 0.0950. The SMILES string of the molecule is O=C(N/N=C/c1ccccc1O)c1cc(-c2ccco2)[nH]n1. The molecule has 1 amide bonds. The van der Waals surface area contributed by atoms with Crippen molar-refractivity contribution in [1.82, 2.24) is 15.6 Å². The number of para-hydroxylation sites is 1. The summed E-state index contributed by atoms with van der Waals surface area (Å²) in [6.07, 6.45) is 2.89. The van der Waals surface area contributed by atoms with Gasteiger partial charge in [0.1, 0.15) is 11.4 Å². The number of phenols is 1. The van der Waals surface area contributed by atoms with Crippen molar-refractivity contribution in [2.45, 2.75) is 0 Å². The standard InChI is InChI=1S/C15H12N4O3/c20-13-5-2-1-4-10(13)9-16-19-15(21)12-8-11(17-18-12)14-6-3-7-22-14/h1-9,20H,(H,17,18)(H,19,21)/b16-9+. The zero-order valence-corrected chi connectivity index (χ0v) is 11.4. The van der Waals surface area contributed by atoms with Crippen LogP contribution in [0, 0.1) is 0 Å². The molecule has 7 heteroatoms. The molecule has 0 aliphatic carbocycles.